The quantitative estimate of drug-likeness (QED) is 0.770. The van der Waals surface area contributed by atoms with E-state index in [-0.39, 0.29) is 0 Å². The lowest BCUT2D eigenvalue weighted by Crippen LogP contribution is -2.00. The Balaban J connectivity index is 2.16. The number of aromatic nitrogens is 1. The van der Waals surface area contributed by atoms with Gasteiger partial charge >= 0.3 is 0 Å². The molecule has 0 amide bonds. The van der Waals surface area contributed by atoms with E-state index in [2.05, 4.69) is 54.1 Å². The first-order valence-corrected chi connectivity index (χ1v) is 7.39. The molecule has 1 aromatic carbocycles. The van der Waals surface area contributed by atoms with E-state index in [1.807, 2.05) is 11.3 Å². The molecule has 0 saturated heterocycles. The van der Waals surface area contributed by atoms with Gasteiger partial charge in [-0.15, -0.1) is 11.3 Å². The molecule has 2 heterocycles. The highest BCUT2D eigenvalue weighted by molar-refractivity contribution is 7.09. The molecule has 3 aromatic rings. The van der Waals surface area contributed by atoms with Crippen LogP contribution in [0.2, 0.25) is 0 Å². The van der Waals surface area contributed by atoms with Crippen LogP contribution in [0.3, 0.4) is 0 Å². The number of fused-ring (bicyclic) bond motifs is 1. The third-order valence-electron chi connectivity index (χ3n) is 3.83. The maximum absolute atomic E-state index is 5.74. The number of thiophene rings is 1. The molecule has 0 aliphatic carbocycles. The van der Waals surface area contributed by atoms with Gasteiger partial charge < -0.3 is 10.3 Å². The highest BCUT2D eigenvalue weighted by Crippen LogP contribution is 2.27. The van der Waals surface area contributed by atoms with Gasteiger partial charge in [0.1, 0.15) is 0 Å². The second-order valence-electron chi connectivity index (χ2n) is 4.93. The summed E-state index contributed by atoms with van der Waals surface area (Å²) < 4.78 is 2.40. The van der Waals surface area contributed by atoms with Crippen LogP contribution in [-0.2, 0) is 13.1 Å². The van der Waals surface area contributed by atoms with Crippen molar-refractivity contribution >= 4 is 22.2 Å². The maximum atomic E-state index is 5.74. The molecule has 19 heavy (non-hydrogen) atoms. The van der Waals surface area contributed by atoms with Crippen molar-refractivity contribution in [2.24, 2.45) is 5.73 Å². The van der Waals surface area contributed by atoms with E-state index in [0.717, 1.165) is 6.54 Å². The molecule has 0 aliphatic rings. The zero-order chi connectivity index (χ0) is 13.4. The van der Waals surface area contributed by atoms with Crippen molar-refractivity contribution in [3.8, 4) is 0 Å². The zero-order valence-corrected chi connectivity index (χ0v) is 12.1. The second-order valence-corrected chi connectivity index (χ2v) is 5.96. The lowest BCUT2D eigenvalue weighted by molar-refractivity contribution is 0.813. The highest BCUT2D eigenvalue weighted by atomic mass is 32.1. The van der Waals surface area contributed by atoms with Crippen LogP contribution in [0.25, 0.3) is 10.9 Å². The van der Waals surface area contributed by atoms with E-state index in [1.165, 1.54) is 32.6 Å². The van der Waals surface area contributed by atoms with Gasteiger partial charge in [0.2, 0.25) is 0 Å². The molecule has 3 heteroatoms. The van der Waals surface area contributed by atoms with Crippen LogP contribution in [0.5, 0.6) is 0 Å². The molecular weight excluding hydrogens is 252 g/mol. The molecule has 0 aliphatic heterocycles. The molecule has 0 saturated carbocycles. The molecule has 0 fully saturated rings. The third kappa shape index (κ3) is 2.09. The molecule has 2 nitrogen and oxygen atoms in total. The first-order chi connectivity index (χ1) is 9.20. The number of nitrogens with zero attached hydrogens (tertiary/aromatic N) is 1. The minimum atomic E-state index is 0.602. The fraction of sp³-hybridized carbons (Fsp3) is 0.250. The fourth-order valence-electron chi connectivity index (χ4n) is 2.59. The monoisotopic (exact) mass is 270 g/mol. The number of hydrogen-bond acceptors (Lipinski definition) is 2. The standard InChI is InChI=1S/C16H18N2S/c1-11-12(2)18(10-14-4-3-7-19-14)16-6-5-13(9-17)8-15(11)16/h3-8H,9-10,17H2,1-2H3. The van der Waals surface area contributed by atoms with Crippen LogP contribution in [-0.4, -0.2) is 4.57 Å². The van der Waals surface area contributed by atoms with Crippen LogP contribution in [0.1, 0.15) is 21.7 Å². The van der Waals surface area contributed by atoms with E-state index in [9.17, 15) is 0 Å². The van der Waals surface area contributed by atoms with Gasteiger partial charge in [-0.25, -0.2) is 0 Å². The average Bonchev–Trinajstić information content (AvgIpc) is 3.02. The number of aryl methyl sites for hydroxylation is 1. The van der Waals surface area contributed by atoms with Gasteiger partial charge in [-0.2, -0.15) is 0 Å². The Morgan fingerprint density at radius 1 is 1.21 bits per heavy atom. The predicted octanol–water partition coefficient (Wildman–Crippen LogP) is 3.83. The normalized spacial score (nSPS) is 11.3. The van der Waals surface area contributed by atoms with Gasteiger partial charge in [-0.3, -0.25) is 0 Å². The number of rotatable bonds is 3. The Kier molecular flexibility index (Phi) is 3.17. The van der Waals surface area contributed by atoms with Gasteiger partial charge in [0.15, 0.2) is 0 Å². The molecule has 2 N–H and O–H groups in total. The van der Waals surface area contributed by atoms with Crippen LogP contribution in [0.4, 0.5) is 0 Å². The maximum Gasteiger partial charge on any atom is 0.0572 e. The van der Waals surface area contributed by atoms with Crippen molar-refractivity contribution in [2.75, 3.05) is 0 Å². The topological polar surface area (TPSA) is 30.9 Å². The lowest BCUT2D eigenvalue weighted by Gasteiger charge is -2.07. The summed E-state index contributed by atoms with van der Waals surface area (Å²) in [6, 6.07) is 10.9. The lowest BCUT2D eigenvalue weighted by atomic mass is 10.1. The van der Waals surface area contributed by atoms with Crippen LogP contribution >= 0.6 is 11.3 Å². The van der Waals surface area contributed by atoms with Crippen molar-refractivity contribution in [1.29, 1.82) is 0 Å². The molecular formula is C16H18N2S. The van der Waals surface area contributed by atoms with E-state index in [4.69, 9.17) is 5.73 Å². The molecule has 0 radical (unpaired) electrons. The van der Waals surface area contributed by atoms with Gasteiger partial charge in [-0.05, 0) is 48.6 Å². The minimum absolute atomic E-state index is 0.602. The van der Waals surface area contributed by atoms with E-state index in [1.54, 1.807) is 0 Å². The summed E-state index contributed by atoms with van der Waals surface area (Å²) >= 11 is 1.81. The van der Waals surface area contributed by atoms with Crippen LogP contribution < -0.4 is 5.73 Å². The van der Waals surface area contributed by atoms with Gasteiger partial charge in [0.25, 0.3) is 0 Å². The number of hydrogen-bond donors (Lipinski definition) is 1. The number of benzene rings is 1. The Labute approximate surface area is 117 Å². The smallest absolute Gasteiger partial charge is 0.0572 e. The van der Waals surface area contributed by atoms with Crippen LogP contribution in [0, 0.1) is 13.8 Å². The zero-order valence-electron chi connectivity index (χ0n) is 11.3. The Bertz CT molecular complexity index is 708. The average molecular weight is 270 g/mol. The summed E-state index contributed by atoms with van der Waals surface area (Å²) in [6.07, 6.45) is 0. The van der Waals surface area contributed by atoms with E-state index >= 15 is 0 Å². The minimum Gasteiger partial charge on any atom is -0.339 e. The Morgan fingerprint density at radius 3 is 2.74 bits per heavy atom. The molecule has 0 spiro atoms. The third-order valence-corrected chi connectivity index (χ3v) is 4.69. The number of nitrogens with two attached hydrogens (primary N) is 1. The second kappa shape index (κ2) is 4.83. The summed E-state index contributed by atoms with van der Waals surface area (Å²) in [5.41, 5.74) is 11.0. The van der Waals surface area contributed by atoms with Crippen molar-refractivity contribution < 1.29 is 0 Å². The van der Waals surface area contributed by atoms with E-state index < -0.39 is 0 Å². The summed E-state index contributed by atoms with van der Waals surface area (Å²) in [4.78, 5) is 1.39. The molecule has 0 bridgehead atoms. The van der Waals surface area contributed by atoms with Gasteiger partial charge in [-0.1, -0.05) is 12.1 Å². The summed E-state index contributed by atoms with van der Waals surface area (Å²) in [7, 11) is 0. The summed E-state index contributed by atoms with van der Waals surface area (Å²) in [5, 5.41) is 3.47. The van der Waals surface area contributed by atoms with Crippen LogP contribution in [0.15, 0.2) is 35.7 Å². The molecule has 98 valence electrons. The first kappa shape index (κ1) is 12.5. The van der Waals surface area contributed by atoms with Gasteiger partial charge in [0, 0.05) is 28.0 Å². The first-order valence-electron chi connectivity index (χ1n) is 6.51. The predicted molar refractivity (Wildman–Crippen MR) is 82.7 cm³/mol. The molecule has 0 atom stereocenters. The largest absolute Gasteiger partial charge is 0.339 e. The molecule has 0 unspecified atom stereocenters. The molecule has 3 rings (SSSR count). The van der Waals surface area contributed by atoms with Gasteiger partial charge in [0.05, 0.1) is 6.54 Å². The van der Waals surface area contributed by atoms with Crippen molar-refractivity contribution in [1.82, 2.24) is 4.57 Å². The highest BCUT2D eigenvalue weighted by Gasteiger charge is 2.11. The van der Waals surface area contributed by atoms with Crippen molar-refractivity contribution in [2.45, 2.75) is 26.9 Å². The SMILES string of the molecule is Cc1c(C)n(Cc2cccs2)c2ccc(CN)cc12. The molecule has 2 aromatic heterocycles. The van der Waals surface area contributed by atoms with Crippen molar-refractivity contribution in [3.05, 3.63) is 57.4 Å². The fourth-order valence-corrected chi connectivity index (χ4v) is 3.28. The summed E-state index contributed by atoms with van der Waals surface area (Å²) in [6.45, 7) is 5.95. The Hall–Kier alpha value is -1.58. The van der Waals surface area contributed by atoms with E-state index in [0.29, 0.717) is 6.54 Å². The summed E-state index contributed by atoms with van der Waals surface area (Å²) in [5.74, 6) is 0. The Morgan fingerprint density at radius 2 is 2.05 bits per heavy atom. The van der Waals surface area contributed by atoms with Crippen molar-refractivity contribution in [3.63, 3.8) is 0 Å².